The molecule has 122 valence electrons. The average Bonchev–Trinajstić information content (AvgIpc) is 2.94. The van der Waals surface area contributed by atoms with Gasteiger partial charge in [0.1, 0.15) is 6.54 Å². The van der Waals surface area contributed by atoms with Crippen LogP contribution >= 0.6 is 15.9 Å². The highest BCUT2D eigenvalue weighted by Gasteiger charge is 2.22. The van der Waals surface area contributed by atoms with Gasteiger partial charge in [0.2, 0.25) is 5.91 Å². The van der Waals surface area contributed by atoms with Crippen molar-refractivity contribution in [2.24, 2.45) is 0 Å². The quantitative estimate of drug-likeness (QED) is 0.796. The van der Waals surface area contributed by atoms with Gasteiger partial charge in [-0.25, -0.2) is 9.48 Å². The second kappa shape index (κ2) is 6.91. The van der Waals surface area contributed by atoms with E-state index in [1.54, 1.807) is 0 Å². The van der Waals surface area contributed by atoms with Gasteiger partial charge in [0.25, 0.3) is 0 Å². The monoisotopic (exact) mass is 380 g/mol. The normalized spacial score (nSPS) is 11.3. The molecule has 0 radical (unpaired) electrons. The summed E-state index contributed by atoms with van der Waals surface area (Å²) >= 11 is 3.44. The van der Waals surface area contributed by atoms with Crippen molar-refractivity contribution in [3.05, 3.63) is 46.2 Å². The highest BCUT2D eigenvalue weighted by atomic mass is 79.9. The molecule has 0 spiro atoms. The Morgan fingerprint density at radius 3 is 2.74 bits per heavy atom. The smallest absolute Gasteiger partial charge is 0.358 e. The van der Waals surface area contributed by atoms with Crippen LogP contribution in [0.25, 0.3) is 0 Å². The summed E-state index contributed by atoms with van der Waals surface area (Å²) in [6, 6.07) is 7.92. The molecular weight excluding hydrogens is 364 g/mol. The number of nitrogens with one attached hydrogen (secondary N) is 1. The van der Waals surface area contributed by atoms with Gasteiger partial charge in [-0.05, 0) is 17.7 Å². The Kier molecular flexibility index (Phi) is 5.15. The van der Waals surface area contributed by atoms with Gasteiger partial charge < -0.3 is 10.4 Å². The van der Waals surface area contributed by atoms with Crippen LogP contribution in [0.5, 0.6) is 0 Å². The molecule has 0 fully saturated rings. The molecule has 2 N–H and O–H groups in total. The number of carboxylic acids is 1. The lowest BCUT2D eigenvalue weighted by molar-refractivity contribution is -0.122. The minimum Gasteiger partial charge on any atom is -0.476 e. The molecule has 23 heavy (non-hydrogen) atoms. The number of aromatic carboxylic acids is 1. The zero-order valence-electron chi connectivity index (χ0n) is 12.8. The van der Waals surface area contributed by atoms with Gasteiger partial charge in [0, 0.05) is 16.4 Å². The van der Waals surface area contributed by atoms with Gasteiger partial charge in [-0.3, -0.25) is 4.79 Å². The van der Waals surface area contributed by atoms with E-state index in [0.29, 0.717) is 6.54 Å². The number of aromatic nitrogens is 3. The molecular formula is C15H17BrN4O3. The zero-order chi connectivity index (χ0) is 17.0. The highest BCUT2D eigenvalue weighted by Crippen LogP contribution is 2.25. The molecule has 0 bridgehead atoms. The Bertz CT molecular complexity index is 727. The molecule has 1 aromatic carbocycles. The molecule has 0 unspecified atom stereocenters. The van der Waals surface area contributed by atoms with Gasteiger partial charge in [0.05, 0.1) is 6.20 Å². The third kappa shape index (κ3) is 4.62. The van der Waals surface area contributed by atoms with Gasteiger partial charge in [0.15, 0.2) is 5.69 Å². The molecule has 1 aromatic heterocycles. The molecule has 1 heterocycles. The second-order valence-corrected chi connectivity index (χ2v) is 6.69. The molecule has 0 saturated heterocycles. The highest BCUT2D eigenvalue weighted by molar-refractivity contribution is 9.10. The lowest BCUT2D eigenvalue weighted by atomic mass is 9.84. The van der Waals surface area contributed by atoms with Crippen molar-refractivity contribution in [2.45, 2.75) is 25.8 Å². The molecule has 1 amide bonds. The van der Waals surface area contributed by atoms with E-state index in [-0.39, 0.29) is 23.6 Å². The number of halogens is 1. The van der Waals surface area contributed by atoms with Crippen LogP contribution in [0.15, 0.2) is 34.9 Å². The summed E-state index contributed by atoms with van der Waals surface area (Å²) < 4.78 is 2.18. The maximum atomic E-state index is 12.0. The first-order valence-corrected chi connectivity index (χ1v) is 7.73. The second-order valence-electron chi connectivity index (χ2n) is 5.78. The molecule has 0 atom stereocenters. The standard InChI is InChI=1S/C15H17BrN4O3/c1-15(2,10-4-3-5-11(16)6-10)9-17-13(21)8-20-7-12(14(22)23)18-19-20/h3-7H,8-9H2,1-2H3,(H,17,21)(H,22,23). The van der Waals surface area contributed by atoms with Crippen molar-refractivity contribution in [2.75, 3.05) is 6.54 Å². The number of rotatable bonds is 6. The number of nitrogens with zero attached hydrogens (tertiary/aromatic N) is 3. The Balaban J connectivity index is 1.93. The lowest BCUT2D eigenvalue weighted by Crippen LogP contribution is -2.38. The van der Waals surface area contributed by atoms with Crippen LogP contribution < -0.4 is 5.32 Å². The predicted molar refractivity (Wildman–Crippen MR) is 87.2 cm³/mol. The Morgan fingerprint density at radius 2 is 2.13 bits per heavy atom. The summed E-state index contributed by atoms with van der Waals surface area (Å²) in [7, 11) is 0. The van der Waals surface area contributed by atoms with E-state index in [4.69, 9.17) is 5.11 Å². The Morgan fingerprint density at radius 1 is 1.39 bits per heavy atom. The number of benzene rings is 1. The SMILES string of the molecule is CC(C)(CNC(=O)Cn1cc(C(=O)O)nn1)c1cccc(Br)c1. The summed E-state index contributed by atoms with van der Waals surface area (Å²) in [6.45, 7) is 4.44. The molecule has 8 heteroatoms. The lowest BCUT2D eigenvalue weighted by Gasteiger charge is -2.26. The van der Waals surface area contributed by atoms with E-state index < -0.39 is 5.97 Å². The van der Waals surface area contributed by atoms with Crippen molar-refractivity contribution >= 4 is 27.8 Å². The van der Waals surface area contributed by atoms with E-state index in [0.717, 1.165) is 10.0 Å². The van der Waals surface area contributed by atoms with Crippen LogP contribution in [0.3, 0.4) is 0 Å². The average molecular weight is 381 g/mol. The van der Waals surface area contributed by atoms with Gasteiger partial charge in [-0.15, -0.1) is 5.10 Å². The number of hydrogen-bond donors (Lipinski definition) is 2. The van der Waals surface area contributed by atoms with Crippen LogP contribution in [-0.4, -0.2) is 38.5 Å². The number of hydrogen-bond acceptors (Lipinski definition) is 4. The summed E-state index contributed by atoms with van der Waals surface area (Å²) in [4.78, 5) is 22.7. The van der Waals surface area contributed by atoms with E-state index in [1.165, 1.54) is 10.9 Å². The van der Waals surface area contributed by atoms with E-state index in [2.05, 4.69) is 31.6 Å². The largest absolute Gasteiger partial charge is 0.476 e. The fourth-order valence-electron chi connectivity index (χ4n) is 2.01. The van der Waals surface area contributed by atoms with Crippen molar-refractivity contribution in [3.63, 3.8) is 0 Å². The van der Waals surface area contributed by atoms with Crippen molar-refractivity contribution in [3.8, 4) is 0 Å². The van der Waals surface area contributed by atoms with Crippen molar-refractivity contribution in [1.82, 2.24) is 20.3 Å². The Labute approximate surface area is 141 Å². The van der Waals surface area contributed by atoms with Crippen molar-refractivity contribution < 1.29 is 14.7 Å². The number of carboxylic acid groups (broad SMARTS) is 1. The first kappa shape index (κ1) is 17.1. The van der Waals surface area contributed by atoms with E-state index in [9.17, 15) is 9.59 Å². The van der Waals surface area contributed by atoms with Crippen molar-refractivity contribution in [1.29, 1.82) is 0 Å². The molecule has 2 rings (SSSR count). The zero-order valence-corrected chi connectivity index (χ0v) is 14.4. The van der Waals surface area contributed by atoms with E-state index in [1.807, 2.05) is 38.1 Å². The molecule has 0 aliphatic heterocycles. The van der Waals surface area contributed by atoms with Gasteiger partial charge in [-0.1, -0.05) is 47.1 Å². The van der Waals surface area contributed by atoms with Gasteiger partial charge in [-0.2, -0.15) is 0 Å². The fourth-order valence-corrected chi connectivity index (χ4v) is 2.41. The summed E-state index contributed by atoms with van der Waals surface area (Å²) in [5, 5.41) is 18.7. The summed E-state index contributed by atoms with van der Waals surface area (Å²) in [5.41, 5.74) is 0.668. The molecule has 0 aliphatic rings. The number of carbonyl (C=O) groups excluding carboxylic acids is 1. The van der Waals surface area contributed by atoms with Crippen LogP contribution in [0.4, 0.5) is 0 Å². The maximum absolute atomic E-state index is 12.0. The molecule has 2 aromatic rings. The summed E-state index contributed by atoms with van der Waals surface area (Å²) in [6.07, 6.45) is 1.22. The third-order valence-corrected chi connectivity index (χ3v) is 3.89. The van der Waals surface area contributed by atoms with E-state index >= 15 is 0 Å². The first-order valence-electron chi connectivity index (χ1n) is 6.94. The van der Waals surface area contributed by atoms with Crippen LogP contribution in [0.2, 0.25) is 0 Å². The molecule has 0 saturated carbocycles. The number of carbonyl (C=O) groups is 2. The minimum absolute atomic E-state index is 0.0746. The topological polar surface area (TPSA) is 97.1 Å². The first-order chi connectivity index (χ1) is 10.8. The number of amides is 1. The van der Waals surface area contributed by atoms with Crippen LogP contribution in [-0.2, 0) is 16.8 Å². The minimum atomic E-state index is -1.17. The molecule has 7 nitrogen and oxygen atoms in total. The fraction of sp³-hybridized carbons (Fsp3) is 0.333. The molecule has 0 aliphatic carbocycles. The predicted octanol–water partition coefficient (Wildman–Crippen LogP) is 1.83. The summed E-state index contributed by atoms with van der Waals surface area (Å²) in [5.74, 6) is -1.43. The van der Waals surface area contributed by atoms with Gasteiger partial charge >= 0.3 is 5.97 Å². The van der Waals surface area contributed by atoms with Crippen LogP contribution in [0.1, 0.15) is 29.9 Å². The Hall–Kier alpha value is -2.22. The maximum Gasteiger partial charge on any atom is 0.358 e. The van der Waals surface area contributed by atoms with Crippen LogP contribution in [0, 0.1) is 0 Å². The third-order valence-electron chi connectivity index (χ3n) is 3.40.